The van der Waals surface area contributed by atoms with Crippen molar-refractivity contribution >= 4 is 21.5 Å². The summed E-state index contributed by atoms with van der Waals surface area (Å²) >= 11 is 1.38. The molecule has 4 nitrogen and oxygen atoms in total. The van der Waals surface area contributed by atoms with Crippen molar-refractivity contribution in [2.24, 2.45) is 0 Å². The fraction of sp³-hybridized carbons (Fsp3) is 0.625. The van der Waals surface area contributed by atoms with E-state index in [4.69, 9.17) is 5.73 Å². The van der Waals surface area contributed by atoms with E-state index in [9.17, 15) is 5.11 Å². The second-order valence-corrected chi connectivity index (χ2v) is 4.33. The molecule has 0 saturated heterocycles. The van der Waals surface area contributed by atoms with Gasteiger partial charge in [0.1, 0.15) is 5.00 Å². The smallest absolute Gasteiger partial charge is 0.184 e. The Morgan fingerprint density at radius 2 is 2.46 bits per heavy atom. The third-order valence-corrected chi connectivity index (χ3v) is 2.69. The highest BCUT2D eigenvalue weighted by atomic mass is 32.1. The molecule has 0 aliphatic rings. The second kappa shape index (κ2) is 3.93. The van der Waals surface area contributed by atoms with E-state index in [1.54, 1.807) is 13.1 Å². The zero-order valence-corrected chi connectivity index (χ0v) is 8.69. The molecule has 0 amide bonds. The van der Waals surface area contributed by atoms with Crippen LogP contribution in [0.5, 0.6) is 0 Å². The highest BCUT2D eigenvalue weighted by Gasteiger charge is 2.17. The fourth-order valence-corrected chi connectivity index (χ4v) is 1.34. The minimum atomic E-state index is -0.680. The lowest BCUT2D eigenvalue weighted by Crippen LogP contribution is -2.32. The minimum absolute atomic E-state index is 0.496. The molecule has 1 unspecified atom stereocenters. The van der Waals surface area contributed by atoms with Crippen molar-refractivity contribution in [3.63, 3.8) is 0 Å². The standard InChI is InChI=1S/C8H15N3OS/c1-3-8(2,12)5-11-7-10-4-6(9)13-7/h4,12H,3,5,9H2,1-2H3,(H,10,11). The number of hydrogen-bond acceptors (Lipinski definition) is 5. The van der Waals surface area contributed by atoms with E-state index in [0.29, 0.717) is 18.0 Å². The summed E-state index contributed by atoms with van der Waals surface area (Å²) in [6.45, 7) is 4.23. The summed E-state index contributed by atoms with van der Waals surface area (Å²) in [4.78, 5) is 4.02. The van der Waals surface area contributed by atoms with Gasteiger partial charge in [0.15, 0.2) is 5.13 Å². The van der Waals surface area contributed by atoms with E-state index < -0.39 is 5.60 Å². The number of nitrogens with two attached hydrogens (primary N) is 1. The number of aromatic nitrogens is 1. The average molecular weight is 201 g/mol. The lowest BCUT2D eigenvalue weighted by atomic mass is 10.0. The quantitative estimate of drug-likeness (QED) is 0.686. The SMILES string of the molecule is CCC(C)(O)CNc1ncc(N)s1. The molecule has 0 aliphatic carbocycles. The van der Waals surface area contributed by atoms with Crippen molar-refractivity contribution < 1.29 is 5.11 Å². The van der Waals surface area contributed by atoms with Crippen molar-refractivity contribution in [3.05, 3.63) is 6.20 Å². The molecule has 0 aromatic carbocycles. The summed E-state index contributed by atoms with van der Waals surface area (Å²) in [7, 11) is 0. The Kier molecular flexibility index (Phi) is 3.11. The van der Waals surface area contributed by atoms with Gasteiger partial charge < -0.3 is 16.2 Å². The number of anilines is 2. The lowest BCUT2D eigenvalue weighted by molar-refractivity contribution is 0.0697. The molecule has 1 aromatic heterocycles. The first-order valence-electron chi connectivity index (χ1n) is 4.21. The van der Waals surface area contributed by atoms with Gasteiger partial charge in [0.05, 0.1) is 11.8 Å². The zero-order chi connectivity index (χ0) is 9.90. The summed E-state index contributed by atoms with van der Waals surface area (Å²) in [5.74, 6) is 0. The highest BCUT2D eigenvalue weighted by molar-refractivity contribution is 7.19. The van der Waals surface area contributed by atoms with E-state index >= 15 is 0 Å². The molecule has 0 aliphatic heterocycles. The van der Waals surface area contributed by atoms with Crippen LogP contribution in [0.1, 0.15) is 20.3 Å². The monoisotopic (exact) mass is 201 g/mol. The Morgan fingerprint density at radius 3 is 2.92 bits per heavy atom. The summed E-state index contributed by atoms with van der Waals surface area (Å²) in [6, 6.07) is 0. The maximum atomic E-state index is 9.67. The van der Waals surface area contributed by atoms with Crippen molar-refractivity contribution in [1.82, 2.24) is 4.98 Å². The summed E-state index contributed by atoms with van der Waals surface area (Å²) in [5.41, 5.74) is 4.82. The van der Waals surface area contributed by atoms with Gasteiger partial charge in [-0.25, -0.2) is 4.98 Å². The number of rotatable bonds is 4. The molecule has 74 valence electrons. The molecule has 1 heterocycles. The lowest BCUT2D eigenvalue weighted by Gasteiger charge is -2.20. The molecule has 0 spiro atoms. The van der Waals surface area contributed by atoms with Gasteiger partial charge in [-0.1, -0.05) is 18.3 Å². The number of aliphatic hydroxyl groups is 1. The predicted molar refractivity (Wildman–Crippen MR) is 55.9 cm³/mol. The van der Waals surface area contributed by atoms with Gasteiger partial charge in [-0.15, -0.1) is 0 Å². The van der Waals surface area contributed by atoms with Crippen LogP contribution in [-0.4, -0.2) is 22.2 Å². The molecule has 0 fully saturated rings. The summed E-state index contributed by atoms with van der Waals surface area (Å²) < 4.78 is 0. The first kappa shape index (κ1) is 10.3. The summed E-state index contributed by atoms with van der Waals surface area (Å²) in [5, 5.41) is 14.1. The maximum Gasteiger partial charge on any atom is 0.184 e. The van der Waals surface area contributed by atoms with Crippen LogP contribution in [-0.2, 0) is 0 Å². The van der Waals surface area contributed by atoms with Crippen molar-refractivity contribution in [1.29, 1.82) is 0 Å². The molecule has 0 bridgehead atoms. The molecule has 5 heteroatoms. The molecule has 1 rings (SSSR count). The van der Waals surface area contributed by atoms with Crippen LogP contribution >= 0.6 is 11.3 Å². The maximum absolute atomic E-state index is 9.67. The molecule has 4 N–H and O–H groups in total. The van der Waals surface area contributed by atoms with Crippen LogP contribution in [0.4, 0.5) is 10.1 Å². The fourth-order valence-electron chi connectivity index (χ4n) is 0.759. The van der Waals surface area contributed by atoms with Crippen LogP contribution in [0.3, 0.4) is 0 Å². The van der Waals surface area contributed by atoms with Gasteiger partial charge >= 0.3 is 0 Å². The number of nitrogens with zero attached hydrogens (tertiary/aromatic N) is 1. The van der Waals surface area contributed by atoms with Gasteiger partial charge in [-0.05, 0) is 13.3 Å². The minimum Gasteiger partial charge on any atom is -0.389 e. The third-order valence-electron chi connectivity index (χ3n) is 1.91. The molecular formula is C8H15N3OS. The normalized spacial score (nSPS) is 15.3. The molecule has 13 heavy (non-hydrogen) atoms. The largest absolute Gasteiger partial charge is 0.389 e. The van der Waals surface area contributed by atoms with Crippen LogP contribution in [0.15, 0.2) is 6.20 Å². The number of hydrogen-bond donors (Lipinski definition) is 3. The Bertz CT molecular complexity index is 272. The Labute approximate surface area is 81.8 Å². The van der Waals surface area contributed by atoms with Gasteiger partial charge in [0.25, 0.3) is 0 Å². The summed E-state index contributed by atoms with van der Waals surface area (Å²) in [6.07, 6.45) is 2.31. The first-order valence-corrected chi connectivity index (χ1v) is 5.03. The molecule has 0 saturated carbocycles. The molecule has 1 atom stereocenters. The van der Waals surface area contributed by atoms with E-state index in [0.717, 1.165) is 5.13 Å². The Morgan fingerprint density at radius 1 is 1.77 bits per heavy atom. The van der Waals surface area contributed by atoms with Crippen LogP contribution in [0, 0.1) is 0 Å². The third kappa shape index (κ3) is 3.20. The average Bonchev–Trinajstić information content (AvgIpc) is 2.48. The van der Waals surface area contributed by atoms with Crippen LogP contribution < -0.4 is 11.1 Å². The van der Waals surface area contributed by atoms with Gasteiger partial charge in [-0.3, -0.25) is 0 Å². The predicted octanol–water partition coefficient (Wildman–Crippen LogP) is 1.30. The molecule has 0 radical (unpaired) electrons. The van der Waals surface area contributed by atoms with E-state index in [1.165, 1.54) is 11.3 Å². The number of nitrogen functional groups attached to an aromatic ring is 1. The molecular weight excluding hydrogens is 186 g/mol. The van der Waals surface area contributed by atoms with Crippen molar-refractivity contribution in [2.45, 2.75) is 25.9 Å². The Hall–Kier alpha value is -0.810. The topological polar surface area (TPSA) is 71.2 Å². The van der Waals surface area contributed by atoms with Gasteiger partial charge in [0, 0.05) is 6.54 Å². The zero-order valence-electron chi connectivity index (χ0n) is 7.87. The number of thiazole rings is 1. The first-order chi connectivity index (χ1) is 6.03. The van der Waals surface area contributed by atoms with Gasteiger partial charge in [-0.2, -0.15) is 0 Å². The van der Waals surface area contributed by atoms with Crippen molar-refractivity contribution in [2.75, 3.05) is 17.6 Å². The highest BCUT2D eigenvalue weighted by Crippen LogP contribution is 2.20. The Balaban J connectivity index is 2.43. The van der Waals surface area contributed by atoms with Crippen LogP contribution in [0.25, 0.3) is 0 Å². The van der Waals surface area contributed by atoms with E-state index in [1.807, 2.05) is 6.92 Å². The van der Waals surface area contributed by atoms with E-state index in [2.05, 4.69) is 10.3 Å². The van der Waals surface area contributed by atoms with Crippen LogP contribution in [0.2, 0.25) is 0 Å². The number of nitrogens with one attached hydrogen (secondary N) is 1. The van der Waals surface area contributed by atoms with E-state index in [-0.39, 0.29) is 0 Å². The molecule has 1 aromatic rings. The van der Waals surface area contributed by atoms with Gasteiger partial charge in [0.2, 0.25) is 0 Å². The van der Waals surface area contributed by atoms with Crippen molar-refractivity contribution in [3.8, 4) is 0 Å². The second-order valence-electron chi connectivity index (χ2n) is 3.27.